The average molecular weight is 228 g/mol. The zero-order valence-electron chi connectivity index (χ0n) is 9.69. The number of hydrogen-bond acceptors (Lipinski definition) is 3. The quantitative estimate of drug-likeness (QED) is 0.715. The van der Waals surface area contributed by atoms with Crippen LogP contribution in [0.1, 0.15) is 32.6 Å². The third kappa shape index (κ3) is 3.20. The Hall–Kier alpha value is -1.10. The van der Waals surface area contributed by atoms with E-state index in [1.165, 1.54) is 4.90 Å². The molecular weight excluding hydrogens is 208 g/mol. The molecule has 1 aliphatic rings. The predicted molar refractivity (Wildman–Crippen MR) is 59.8 cm³/mol. The van der Waals surface area contributed by atoms with Gasteiger partial charge in [-0.1, -0.05) is 6.92 Å². The summed E-state index contributed by atoms with van der Waals surface area (Å²) in [7, 11) is 0. The monoisotopic (exact) mass is 228 g/mol. The lowest BCUT2D eigenvalue weighted by Crippen LogP contribution is -2.40. The Morgan fingerprint density at radius 2 is 2.25 bits per heavy atom. The highest BCUT2D eigenvalue weighted by molar-refractivity contribution is 5.84. The number of hydrogen-bond donors (Lipinski definition) is 2. The van der Waals surface area contributed by atoms with Crippen LogP contribution in [-0.2, 0) is 9.59 Å². The molecule has 92 valence electrons. The van der Waals surface area contributed by atoms with Crippen LogP contribution in [0.4, 0.5) is 0 Å². The number of rotatable bonds is 5. The first-order chi connectivity index (χ1) is 7.56. The number of nitrogens with zero attached hydrogens (tertiary/aromatic N) is 1. The third-order valence-electron chi connectivity index (χ3n) is 3.11. The molecule has 0 radical (unpaired) electrons. The number of likely N-dealkylation sites (tertiary alicyclic amines) is 1. The van der Waals surface area contributed by atoms with Crippen molar-refractivity contribution in [2.45, 2.75) is 38.6 Å². The Morgan fingerprint density at radius 1 is 1.56 bits per heavy atom. The molecule has 0 spiro atoms. The number of aliphatic carboxylic acids is 1. The number of carboxylic acids is 1. The molecule has 1 unspecified atom stereocenters. The van der Waals surface area contributed by atoms with Gasteiger partial charge in [0.2, 0.25) is 5.91 Å². The molecule has 2 atom stereocenters. The van der Waals surface area contributed by atoms with E-state index in [4.69, 9.17) is 10.8 Å². The molecule has 1 amide bonds. The summed E-state index contributed by atoms with van der Waals surface area (Å²) in [5, 5.41) is 8.94. The van der Waals surface area contributed by atoms with Crippen molar-refractivity contribution in [3.63, 3.8) is 0 Å². The van der Waals surface area contributed by atoms with Crippen molar-refractivity contribution in [2.24, 2.45) is 11.7 Å². The van der Waals surface area contributed by atoms with Gasteiger partial charge in [0.25, 0.3) is 0 Å². The summed E-state index contributed by atoms with van der Waals surface area (Å²) in [4.78, 5) is 24.2. The van der Waals surface area contributed by atoms with Gasteiger partial charge in [-0.25, -0.2) is 4.79 Å². The van der Waals surface area contributed by atoms with Crippen LogP contribution in [0.2, 0.25) is 0 Å². The van der Waals surface area contributed by atoms with Gasteiger partial charge >= 0.3 is 5.97 Å². The standard InChI is InChI=1S/C11H20N2O3/c1-8(7-12)4-5-10(14)13-6-2-3-9(13)11(15)16/h8-9H,2-7,12H2,1H3,(H,15,16)/t8?,9-/m1/s1. The Morgan fingerprint density at radius 3 is 2.81 bits per heavy atom. The zero-order chi connectivity index (χ0) is 12.1. The lowest BCUT2D eigenvalue weighted by molar-refractivity contribution is -0.148. The Bertz CT molecular complexity index is 268. The van der Waals surface area contributed by atoms with Crippen molar-refractivity contribution in [3.05, 3.63) is 0 Å². The van der Waals surface area contributed by atoms with Crippen molar-refractivity contribution in [1.29, 1.82) is 0 Å². The number of amides is 1. The molecule has 0 aromatic heterocycles. The maximum Gasteiger partial charge on any atom is 0.326 e. The fourth-order valence-corrected chi connectivity index (χ4v) is 1.95. The van der Waals surface area contributed by atoms with E-state index in [1.807, 2.05) is 6.92 Å². The summed E-state index contributed by atoms with van der Waals surface area (Å²) in [5.74, 6) is -0.627. The second-order valence-corrected chi connectivity index (χ2v) is 4.46. The van der Waals surface area contributed by atoms with Gasteiger partial charge in [0, 0.05) is 13.0 Å². The SMILES string of the molecule is CC(CN)CCC(=O)N1CCC[C@@H]1C(=O)O. The van der Waals surface area contributed by atoms with Gasteiger partial charge in [-0.3, -0.25) is 4.79 Å². The smallest absolute Gasteiger partial charge is 0.326 e. The third-order valence-corrected chi connectivity index (χ3v) is 3.11. The van der Waals surface area contributed by atoms with Crippen molar-refractivity contribution >= 4 is 11.9 Å². The molecular formula is C11H20N2O3. The largest absolute Gasteiger partial charge is 0.480 e. The Labute approximate surface area is 95.6 Å². The minimum absolute atomic E-state index is 0.0507. The van der Waals surface area contributed by atoms with E-state index in [-0.39, 0.29) is 5.91 Å². The summed E-state index contributed by atoms with van der Waals surface area (Å²) in [6.07, 6.45) is 2.50. The van der Waals surface area contributed by atoms with E-state index >= 15 is 0 Å². The molecule has 16 heavy (non-hydrogen) atoms. The lowest BCUT2D eigenvalue weighted by atomic mass is 10.1. The second-order valence-electron chi connectivity index (χ2n) is 4.46. The Balaban J connectivity index is 2.44. The molecule has 0 aliphatic carbocycles. The van der Waals surface area contributed by atoms with Gasteiger partial charge in [0.05, 0.1) is 0 Å². The van der Waals surface area contributed by atoms with Crippen LogP contribution in [0, 0.1) is 5.92 Å². The summed E-state index contributed by atoms with van der Waals surface area (Å²) >= 11 is 0. The molecule has 5 heteroatoms. The highest BCUT2D eigenvalue weighted by Gasteiger charge is 2.33. The highest BCUT2D eigenvalue weighted by Crippen LogP contribution is 2.19. The summed E-state index contributed by atoms with van der Waals surface area (Å²) < 4.78 is 0. The maximum absolute atomic E-state index is 11.8. The summed E-state index contributed by atoms with van der Waals surface area (Å²) in [5.41, 5.74) is 5.47. The number of carbonyl (C=O) groups is 2. The van der Waals surface area contributed by atoms with Gasteiger partial charge in [-0.05, 0) is 31.7 Å². The molecule has 1 rings (SSSR count). The number of nitrogens with two attached hydrogens (primary N) is 1. The van der Waals surface area contributed by atoms with Gasteiger partial charge in [-0.15, -0.1) is 0 Å². The molecule has 0 aromatic carbocycles. The number of carbonyl (C=O) groups excluding carboxylic acids is 1. The van der Waals surface area contributed by atoms with Crippen LogP contribution in [-0.4, -0.2) is 41.0 Å². The molecule has 1 aliphatic heterocycles. The van der Waals surface area contributed by atoms with E-state index in [1.54, 1.807) is 0 Å². The minimum Gasteiger partial charge on any atom is -0.480 e. The van der Waals surface area contributed by atoms with E-state index in [0.717, 1.165) is 12.8 Å². The van der Waals surface area contributed by atoms with Crippen LogP contribution in [0.3, 0.4) is 0 Å². The normalized spacial score (nSPS) is 22.1. The van der Waals surface area contributed by atoms with Gasteiger partial charge in [0.1, 0.15) is 6.04 Å². The second kappa shape index (κ2) is 5.84. The molecule has 5 nitrogen and oxygen atoms in total. The average Bonchev–Trinajstić information content (AvgIpc) is 2.74. The lowest BCUT2D eigenvalue weighted by Gasteiger charge is -2.22. The van der Waals surface area contributed by atoms with E-state index in [0.29, 0.717) is 31.8 Å². The molecule has 0 aromatic rings. The molecule has 1 heterocycles. The van der Waals surface area contributed by atoms with Gasteiger partial charge < -0.3 is 15.7 Å². The van der Waals surface area contributed by atoms with E-state index in [9.17, 15) is 9.59 Å². The van der Waals surface area contributed by atoms with Crippen LogP contribution in [0.15, 0.2) is 0 Å². The van der Waals surface area contributed by atoms with Crippen molar-refractivity contribution in [2.75, 3.05) is 13.1 Å². The van der Waals surface area contributed by atoms with E-state index in [2.05, 4.69) is 0 Å². The molecule has 0 saturated carbocycles. The topological polar surface area (TPSA) is 83.6 Å². The van der Waals surface area contributed by atoms with Crippen LogP contribution in [0.25, 0.3) is 0 Å². The summed E-state index contributed by atoms with van der Waals surface area (Å²) in [6.45, 7) is 3.13. The van der Waals surface area contributed by atoms with Crippen LogP contribution in [0.5, 0.6) is 0 Å². The maximum atomic E-state index is 11.8. The molecule has 0 bridgehead atoms. The fraction of sp³-hybridized carbons (Fsp3) is 0.818. The highest BCUT2D eigenvalue weighted by atomic mass is 16.4. The van der Waals surface area contributed by atoms with Crippen LogP contribution < -0.4 is 5.73 Å². The number of carboxylic acid groups (broad SMARTS) is 1. The first kappa shape index (κ1) is 13.0. The minimum atomic E-state index is -0.891. The van der Waals surface area contributed by atoms with E-state index < -0.39 is 12.0 Å². The Kier molecular flexibility index (Phi) is 4.73. The van der Waals surface area contributed by atoms with Crippen molar-refractivity contribution in [1.82, 2.24) is 4.90 Å². The first-order valence-electron chi connectivity index (χ1n) is 5.78. The fourth-order valence-electron chi connectivity index (χ4n) is 1.95. The zero-order valence-corrected chi connectivity index (χ0v) is 9.69. The molecule has 1 fully saturated rings. The first-order valence-corrected chi connectivity index (χ1v) is 5.78. The van der Waals surface area contributed by atoms with Crippen molar-refractivity contribution < 1.29 is 14.7 Å². The van der Waals surface area contributed by atoms with Crippen molar-refractivity contribution in [3.8, 4) is 0 Å². The van der Waals surface area contributed by atoms with Gasteiger partial charge in [-0.2, -0.15) is 0 Å². The predicted octanol–water partition coefficient (Wildman–Crippen LogP) is 0.437. The molecule has 3 N–H and O–H groups in total. The summed E-state index contributed by atoms with van der Waals surface area (Å²) in [6, 6.07) is -0.610. The molecule has 1 saturated heterocycles. The van der Waals surface area contributed by atoms with Crippen LogP contribution >= 0.6 is 0 Å². The van der Waals surface area contributed by atoms with Gasteiger partial charge in [0.15, 0.2) is 0 Å².